The van der Waals surface area contributed by atoms with Crippen LogP contribution in [0.25, 0.3) is 11.0 Å². The maximum absolute atomic E-state index is 5.54. The molecule has 2 N–H and O–H groups in total. The summed E-state index contributed by atoms with van der Waals surface area (Å²) < 4.78 is 5.26. The van der Waals surface area contributed by atoms with Crippen molar-refractivity contribution in [3.8, 4) is 0 Å². The first-order chi connectivity index (χ1) is 7.22. The summed E-state index contributed by atoms with van der Waals surface area (Å²) in [6.45, 7) is 4.91. The van der Waals surface area contributed by atoms with Gasteiger partial charge in [-0.15, -0.1) is 0 Å². The van der Waals surface area contributed by atoms with Crippen LogP contribution in [0.1, 0.15) is 31.0 Å². The van der Waals surface area contributed by atoms with E-state index in [0.29, 0.717) is 12.5 Å². The molecule has 0 atom stereocenters. The summed E-state index contributed by atoms with van der Waals surface area (Å²) in [4.78, 5) is 0. The maximum Gasteiger partial charge on any atom is 0.167 e. The third-order valence-electron chi connectivity index (χ3n) is 2.54. The molecule has 0 saturated heterocycles. The Kier molecular flexibility index (Phi) is 2.73. The van der Waals surface area contributed by atoms with Crippen LogP contribution in [0, 0.1) is 0 Å². The minimum Gasteiger partial charge on any atom is -0.356 e. The number of benzene rings is 1. The van der Waals surface area contributed by atoms with E-state index in [1.807, 2.05) is 12.1 Å². The first-order valence-corrected chi connectivity index (χ1v) is 5.30. The van der Waals surface area contributed by atoms with Crippen LogP contribution in [0.2, 0.25) is 0 Å². The van der Waals surface area contributed by atoms with Crippen molar-refractivity contribution in [2.75, 3.05) is 6.54 Å². The molecule has 0 unspecified atom stereocenters. The number of nitrogens with two attached hydrogens (primary N) is 1. The van der Waals surface area contributed by atoms with Gasteiger partial charge >= 0.3 is 0 Å². The van der Waals surface area contributed by atoms with Crippen molar-refractivity contribution in [3.05, 3.63) is 29.5 Å². The van der Waals surface area contributed by atoms with Crippen LogP contribution < -0.4 is 5.73 Å². The lowest BCUT2D eigenvalue weighted by Crippen LogP contribution is -2.02. The Morgan fingerprint density at radius 1 is 1.40 bits per heavy atom. The van der Waals surface area contributed by atoms with E-state index in [9.17, 15) is 0 Å². The molecule has 0 aliphatic heterocycles. The van der Waals surface area contributed by atoms with Crippen molar-refractivity contribution in [2.45, 2.75) is 26.2 Å². The lowest BCUT2D eigenvalue weighted by Gasteiger charge is -2.01. The Morgan fingerprint density at radius 3 is 2.87 bits per heavy atom. The molecular formula is C12H16N2O. The van der Waals surface area contributed by atoms with Crippen LogP contribution in [0.15, 0.2) is 22.7 Å². The molecule has 0 amide bonds. The molecule has 80 valence electrons. The number of fused-ring (bicyclic) bond motifs is 1. The standard InChI is InChI=1S/C12H16N2O/c1-8(2)12-10-7-9(5-6-13)3-4-11(10)15-14-12/h3-4,7-8H,5-6,13H2,1-2H3. The second-order valence-corrected chi connectivity index (χ2v) is 4.09. The molecule has 2 rings (SSSR count). The Hall–Kier alpha value is -1.35. The Morgan fingerprint density at radius 2 is 2.20 bits per heavy atom. The van der Waals surface area contributed by atoms with Gasteiger partial charge in [0, 0.05) is 5.39 Å². The molecule has 0 spiro atoms. The monoisotopic (exact) mass is 204 g/mol. The Balaban J connectivity index is 2.51. The SMILES string of the molecule is CC(C)c1noc2ccc(CCN)cc12. The van der Waals surface area contributed by atoms with Crippen molar-refractivity contribution in [2.24, 2.45) is 5.73 Å². The fourth-order valence-corrected chi connectivity index (χ4v) is 1.74. The normalized spacial score (nSPS) is 11.5. The highest BCUT2D eigenvalue weighted by Gasteiger charge is 2.11. The van der Waals surface area contributed by atoms with Crippen LogP contribution in [0.5, 0.6) is 0 Å². The second-order valence-electron chi connectivity index (χ2n) is 4.09. The Bertz CT molecular complexity index is 460. The van der Waals surface area contributed by atoms with E-state index in [4.69, 9.17) is 10.3 Å². The minimum atomic E-state index is 0.388. The molecule has 0 bridgehead atoms. The van der Waals surface area contributed by atoms with Gasteiger partial charge in [0.2, 0.25) is 0 Å². The van der Waals surface area contributed by atoms with Gasteiger partial charge in [-0.05, 0) is 36.6 Å². The van der Waals surface area contributed by atoms with E-state index in [-0.39, 0.29) is 0 Å². The van der Waals surface area contributed by atoms with Gasteiger partial charge in [0.25, 0.3) is 0 Å². The van der Waals surface area contributed by atoms with E-state index in [1.165, 1.54) is 5.56 Å². The van der Waals surface area contributed by atoms with Crippen molar-refractivity contribution in [1.29, 1.82) is 0 Å². The van der Waals surface area contributed by atoms with E-state index in [2.05, 4.69) is 25.1 Å². The molecule has 15 heavy (non-hydrogen) atoms. The largest absolute Gasteiger partial charge is 0.356 e. The molecule has 0 saturated carbocycles. The van der Waals surface area contributed by atoms with Gasteiger partial charge < -0.3 is 10.3 Å². The van der Waals surface area contributed by atoms with Gasteiger partial charge in [0.15, 0.2) is 5.58 Å². The van der Waals surface area contributed by atoms with Crippen LogP contribution in [-0.4, -0.2) is 11.7 Å². The summed E-state index contributed by atoms with van der Waals surface area (Å²) in [6.07, 6.45) is 0.901. The lowest BCUT2D eigenvalue weighted by atomic mass is 10.0. The van der Waals surface area contributed by atoms with E-state index in [1.54, 1.807) is 0 Å². The number of aromatic nitrogens is 1. The summed E-state index contributed by atoms with van der Waals surface area (Å²) in [6, 6.07) is 6.15. The molecule has 3 nitrogen and oxygen atoms in total. The van der Waals surface area contributed by atoms with Gasteiger partial charge in [-0.25, -0.2) is 0 Å². The fraction of sp³-hybridized carbons (Fsp3) is 0.417. The molecule has 0 radical (unpaired) electrons. The third-order valence-corrected chi connectivity index (χ3v) is 2.54. The molecule has 0 aliphatic rings. The van der Waals surface area contributed by atoms with Crippen molar-refractivity contribution in [3.63, 3.8) is 0 Å². The topological polar surface area (TPSA) is 52.0 Å². The molecule has 0 aliphatic carbocycles. The van der Waals surface area contributed by atoms with E-state index < -0.39 is 0 Å². The highest BCUT2D eigenvalue weighted by molar-refractivity contribution is 5.80. The van der Waals surface area contributed by atoms with E-state index in [0.717, 1.165) is 23.1 Å². The number of hydrogen-bond acceptors (Lipinski definition) is 3. The summed E-state index contributed by atoms with van der Waals surface area (Å²) in [5, 5.41) is 5.21. The average molecular weight is 204 g/mol. The molecule has 2 aromatic rings. The summed E-state index contributed by atoms with van der Waals surface area (Å²) in [5.41, 5.74) is 8.68. The first kappa shape index (κ1) is 10.2. The zero-order chi connectivity index (χ0) is 10.8. The predicted octanol–water partition coefficient (Wildman–Crippen LogP) is 2.45. The van der Waals surface area contributed by atoms with E-state index >= 15 is 0 Å². The number of hydrogen-bond donors (Lipinski definition) is 1. The second kappa shape index (κ2) is 4.03. The third kappa shape index (κ3) is 1.88. The van der Waals surface area contributed by atoms with Crippen molar-refractivity contribution < 1.29 is 4.52 Å². The van der Waals surface area contributed by atoms with Gasteiger partial charge in [0.05, 0.1) is 5.69 Å². The first-order valence-electron chi connectivity index (χ1n) is 5.30. The smallest absolute Gasteiger partial charge is 0.167 e. The van der Waals surface area contributed by atoms with Gasteiger partial charge in [-0.2, -0.15) is 0 Å². The maximum atomic E-state index is 5.54. The highest BCUT2D eigenvalue weighted by Crippen LogP contribution is 2.25. The highest BCUT2D eigenvalue weighted by atomic mass is 16.5. The molecule has 1 aromatic heterocycles. The predicted molar refractivity (Wildman–Crippen MR) is 60.9 cm³/mol. The number of rotatable bonds is 3. The van der Waals surface area contributed by atoms with Crippen LogP contribution in [-0.2, 0) is 6.42 Å². The lowest BCUT2D eigenvalue weighted by molar-refractivity contribution is 0.441. The van der Waals surface area contributed by atoms with Crippen LogP contribution >= 0.6 is 0 Å². The molecular weight excluding hydrogens is 188 g/mol. The Labute approximate surface area is 89.2 Å². The average Bonchev–Trinajstić information content (AvgIpc) is 2.61. The zero-order valence-corrected chi connectivity index (χ0v) is 9.16. The van der Waals surface area contributed by atoms with Crippen molar-refractivity contribution in [1.82, 2.24) is 5.16 Å². The van der Waals surface area contributed by atoms with Gasteiger partial charge in [-0.3, -0.25) is 0 Å². The quantitative estimate of drug-likeness (QED) is 0.835. The van der Waals surface area contributed by atoms with Gasteiger partial charge in [-0.1, -0.05) is 25.1 Å². The van der Waals surface area contributed by atoms with Crippen LogP contribution in [0.3, 0.4) is 0 Å². The summed E-state index contributed by atoms with van der Waals surface area (Å²) in [5.74, 6) is 0.388. The fourth-order valence-electron chi connectivity index (χ4n) is 1.74. The summed E-state index contributed by atoms with van der Waals surface area (Å²) >= 11 is 0. The van der Waals surface area contributed by atoms with Crippen molar-refractivity contribution >= 4 is 11.0 Å². The minimum absolute atomic E-state index is 0.388. The molecule has 1 heterocycles. The van der Waals surface area contributed by atoms with Gasteiger partial charge in [0.1, 0.15) is 0 Å². The van der Waals surface area contributed by atoms with Crippen LogP contribution in [0.4, 0.5) is 0 Å². The summed E-state index contributed by atoms with van der Waals surface area (Å²) in [7, 11) is 0. The molecule has 3 heteroatoms. The zero-order valence-electron chi connectivity index (χ0n) is 9.16. The molecule has 0 fully saturated rings. The molecule has 1 aromatic carbocycles. The number of nitrogens with zero attached hydrogens (tertiary/aromatic N) is 1.